The van der Waals surface area contributed by atoms with Gasteiger partial charge >= 0.3 is 0 Å². The fourth-order valence-electron chi connectivity index (χ4n) is 2.74. The van der Waals surface area contributed by atoms with Gasteiger partial charge < -0.3 is 10.1 Å². The molecule has 1 amide bonds. The van der Waals surface area contributed by atoms with Crippen LogP contribution in [0.25, 0.3) is 10.9 Å². The van der Waals surface area contributed by atoms with Crippen LogP contribution in [0, 0.1) is 6.92 Å². The van der Waals surface area contributed by atoms with Crippen LogP contribution in [0.1, 0.15) is 25.1 Å². The van der Waals surface area contributed by atoms with Crippen molar-refractivity contribution in [1.29, 1.82) is 0 Å². The Morgan fingerprint density at radius 1 is 1.28 bits per heavy atom. The van der Waals surface area contributed by atoms with Crippen molar-refractivity contribution in [3.8, 4) is 5.75 Å². The van der Waals surface area contributed by atoms with Crippen LogP contribution in [0.2, 0.25) is 0 Å². The Morgan fingerprint density at radius 3 is 2.92 bits per heavy atom. The predicted molar refractivity (Wildman–Crippen MR) is 96.5 cm³/mol. The number of amides is 1. The zero-order chi connectivity index (χ0) is 17.6. The zero-order valence-corrected chi connectivity index (χ0v) is 14.5. The molecule has 3 aromatic rings. The summed E-state index contributed by atoms with van der Waals surface area (Å²) in [6.07, 6.45) is 4.16. The number of carbonyl (C=O) groups is 1. The van der Waals surface area contributed by atoms with E-state index < -0.39 is 0 Å². The molecule has 0 aliphatic carbocycles. The highest BCUT2D eigenvalue weighted by Gasteiger charge is 2.17. The first-order valence-electron chi connectivity index (χ1n) is 8.45. The van der Waals surface area contributed by atoms with Crippen molar-refractivity contribution in [2.75, 3.05) is 13.2 Å². The van der Waals surface area contributed by atoms with Crippen LogP contribution in [0.4, 0.5) is 0 Å². The fourth-order valence-corrected chi connectivity index (χ4v) is 2.74. The highest BCUT2D eigenvalue weighted by molar-refractivity contribution is 5.84. The number of fused-ring (bicyclic) bond motifs is 1. The Balaban J connectivity index is 1.57. The molecule has 2 heterocycles. The van der Waals surface area contributed by atoms with E-state index in [0.29, 0.717) is 19.6 Å². The van der Waals surface area contributed by atoms with Gasteiger partial charge in [0, 0.05) is 23.5 Å². The zero-order valence-electron chi connectivity index (χ0n) is 14.5. The van der Waals surface area contributed by atoms with Crippen LogP contribution in [0.15, 0.2) is 48.8 Å². The summed E-state index contributed by atoms with van der Waals surface area (Å²) in [7, 11) is 0. The predicted octanol–water partition coefficient (Wildman–Crippen LogP) is 2.89. The van der Waals surface area contributed by atoms with Crippen molar-refractivity contribution >= 4 is 16.8 Å². The lowest BCUT2D eigenvalue weighted by atomic mass is 10.2. The number of pyridine rings is 1. The van der Waals surface area contributed by atoms with Crippen molar-refractivity contribution in [3.05, 3.63) is 54.5 Å². The Labute approximate surface area is 146 Å². The number of carbonyl (C=O) groups excluding carboxylic acids is 1. The van der Waals surface area contributed by atoms with E-state index in [1.807, 2.05) is 50.2 Å². The van der Waals surface area contributed by atoms with E-state index in [1.165, 1.54) is 0 Å². The quantitative estimate of drug-likeness (QED) is 0.673. The second-order valence-corrected chi connectivity index (χ2v) is 5.83. The van der Waals surface area contributed by atoms with Crippen molar-refractivity contribution in [2.24, 2.45) is 0 Å². The molecule has 0 aliphatic heterocycles. The first kappa shape index (κ1) is 17.0. The SMILES string of the molecule is CC[C@@H](C(=O)NCCOc1cccc2ccc(C)nc12)n1cccn1. The number of para-hydroxylation sites is 1. The molecule has 1 atom stereocenters. The summed E-state index contributed by atoms with van der Waals surface area (Å²) in [4.78, 5) is 16.8. The molecule has 0 unspecified atom stereocenters. The van der Waals surface area contributed by atoms with E-state index in [9.17, 15) is 4.79 Å². The van der Waals surface area contributed by atoms with Gasteiger partial charge in [0.25, 0.3) is 0 Å². The van der Waals surface area contributed by atoms with Crippen LogP contribution in [-0.4, -0.2) is 33.8 Å². The van der Waals surface area contributed by atoms with Gasteiger partial charge in [-0.1, -0.05) is 25.1 Å². The summed E-state index contributed by atoms with van der Waals surface area (Å²) in [6, 6.07) is 11.4. The molecular weight excluding hydrogens is 316 g/mol. The molecule has 2 aromatic heterocycles. The molecule has 0 bridgehead atoms. The Kier molecular flexibility index (Phi) is 5.28. The van der Waals surface area contributed by atoms with E-state index in [0.717, 1.165) is 22.3 Å². The van der Waals surface area contributed by atoms with E-state index in [4.69, 9.17) is 4.74 Å². The summed E-state index contributed by atoms with van der Waals surface area (Å²) in [5, 5.41) is 8.09. The largest absolute Gasteiger partial charge is 0.489 e. The molecule has 0 spiro atoms. The molecule has 1 N–H and O–H groups in total. The van der Waals surface area contributed by atoms with Gasteiger partial charge in [0.15, 0.2) is 0 Å². The Hall–Kier alpha value is -2.89. The van der Waals surface area contributed by atoms with Gasteiger partial charge in [-0.3, -0.25) is 9.48 Å². The minimum absolute atomic E-state index is 0.0540. The summed E-state index contributed by atoms with van der Waals surface area (Å²) >= 11 is 0. The molecule has 6 heteroatoms. The van der Waals surface area contributed by atoms with Gasteiger partial charge in [-0.05, 0) is 31.5 Å². The molecule has 25 heavy (non-hydrogen) atoms. The monoisotopic (exact) mass is 338 g/mol. The number of nitrogens with one attached hydrogen (secondary N) is 1. The third-order valence-electron chi connectivity index (χ3n) is 4.01. The lowest BCUT2D eigenvalue weighted by Gasteiger charge is -2.16. The standard InChI is InChI=1S/C19H22N4O2/c1-3-16(23-12-5-10-21-23)19(24)20-11-13-25-17-7-4-6-15-9-8-14(2)22-18(15)17/h4-10,12,16H,3,11,13H2,1-2H3,(H,20,24)/t16-/m0/s1. The normalized spacial score (nSPS) is 12.1. The lowest BCUT2D eigenvalue weighted by molar-refractivity contribution is -0.124. The molecule has 130 valence electrons. The number of nitrogens with zero attached hydrogens (tertiary/aromatic N) is 3. The number of aromatic nitrogens is 3. The van der Waals surface area contributed by atoms with Crippen LogP contribution in [0.5, 0.6) is 5.75 Å². The Morgan fingerprint density at radius 2 is 2.16 bits per heavy atom. The molecule has 0 aliphatic rings. The van der Waals surface area contributed by atoms with Gasteiger partial charge in [0.1, 0.15) is 23.9 Å². The van der Waals surface area contributed by atoms with Gasteiger partial charge in [0.2, 0.25) is 5.91 Å². The van der Waals surface area contributed by atoms with E-state index in [2.05, 4.69) is 15.4 Å². The second kappa shape index (κ2) is 7.79. The number of ether oxygens (including phenoxy) is 1. The smallest absolute Gasteiger partial charge is 0.244 e. The minimum atomic E-state index is -0.295. The van der Waals surface area contributed by atoms with Crippen molar-refractivity contribution < 1.29 is 9.53 Å². The first-order valence-corrected chi connectivity index (χ1v) is 8.45. The lowest BCUT2D eigenvalue weighted by Crippen LogP contribution is -2.35. The molecule has 0 saturated heterocycles. The number of aryl methyl sites for hydroxylation is 1. The van der Waals surface area contributed by atoms with Gasteiger partial charge in [-0.2, -0.15) is 5.10 Å². The van der Waals surface area contributed by atoms with Crippen molar-refractivity contribution in [1.82, 2.24) is 20.1 Å². The molecule has 0 radical (unpaired) electrons. The molecular formula is C19H22N4O2. The van der Waals surface area contributed by atoms with Crippen LogP contribution >= 0.6 is 0 Å². The molecule has 6 nitrogen and oxygen atoms in total. The van der Waals surface area contributed by atoms with Gasteiger partial charge in [-0.15, -0.1) is 0 Å². The maximum Gasteiger partial charge on any atom is 0.244 e. The average molecular weight is 338 g/mol. The third-order valence-corrected chi connectivity index (χ3v) is 4.01. The molecule has 0 saturated carbocycles. The van der Waals surface area contributed by atoms with Crippen molar-refractivity contribution in [2.45, 2.75) is 26.3 Å². The number of hydrogen-bond acceptors (Lipinski definition) is 4. The van der Waals surface area contributed by atoms with Crippen LogP contribution in [-0.2, 0) is 4.79 Å². The summed E-state index contributed by atoms with van der Waals surface area (Å²) in [5.74, 6) is 0.677. The molecule has 3 rings (SSSR count). The maximum atomic E-state index is 12.3. The topological polar surface area (TPSA) is 69.0 Å². The first-order chi connectivity index (χ1) is 12.2. The molecule has 0 fully saturated rings. The van der Waals surface area contributed by atoms with Crippen LogP contribution < -0.4 is 10.1 Å². The number of benzene rings is 1. The number of rotatable bonds is 7. The molecule has 1 aromatic carbocycles. The highest BCUT2D eigenvalue weighted by atomic mass is 16.5. The maximum absolute atomic E-state index is 12.3. The highest BCUT2D eigenvalue weighted by Crippen LogP contribution is 2.23. The second-order valence-electron chi connectivity index (χ2n) is 5.83. The van der Waals surface area contributed by atoms with Gasteiger partial charge in [-0.25, -0.2) is 4.98 Å². The fraction of sp³-hybridized carbons (Fsp3) is 0.316. The van der Waals surface area contributed by atoms with Gasteiger partial charge in [0.05, 0.1) is 6.54 Å². The van der Waals surface area contributed by atoms with E-state index >= 15 is 0 Å². The average Bonchev–Trinajstić information content (AvgIpc) is 3.14. The van der Waals surface area contributed by atoms with E-state index in [1.54, 1.807) is 17.1 Å². The summed E-state index contributed by atoms with van der Waals surface area (Å²) in [6.45, 7) is 4.73. The van der Waals surface area contributed by atoms with E-state index in [-0.39, 0.29) is 11.9 Å². The van der Waals surface area contributed by atoms with Crippen molar-refractivity contribution in [3.63, 3.8) is 0 Å². The minimum Gasteiger partial charge on any atom is -0.489 e. The van der Waals surface area contributed by atoms with Crippen LogP contribution in [0.3, 0.4) is 0 Å². The summed E-state index contributed by atoms with van der Waals surface area (Å²) < 4.78 is 7.50. The summed E-state index contributed by atoms with van der Waals surface area (Å²) in [5.41, 5.74) is 1.79. The Bertz CT molecular complexity index is 846. The third kappa shape index (κ3) is 3.96. The number of hydrogen-bond donors (Lipinski definition) is 1.